The zero-order valence-corrected chi connectivity index (χ0v) is 17.5. The summed E-state index contributed by atoms with van der Waals surface area (Å²) >= 11 is 0.926. The highest BCUT2D eigenvalue weighted by molar-refractivity contribution is 7.13. The number of carbonyl (C=O) groups excluding carboxylic acids is 1. The van der Waals surface area contributed by atoms with Crippen LogP contribution in [0, 0.1) is 11.6 Å². The first-order valence-corrected chi connectivity index (χ1v) is 10.3. The first-order chi connectivity index (χ1) is 14.8. The van der Waals surface area contributed by atoms with E-state index >= 15 is 0 Å². The van der Waals surface area contributed by atoms with Crippen LogP contribution in [0.3, 0.4) is 0 Å². The highest BCUT2D eigenvalue weighted by atomic mass is 32.1. The van der Waals surface area contributed by atoms with Crippen molar-refractivity contribution in [3.05, 3.63) is 52.8 Å². The summed E-state index contributed by atoms with van der Waals surface area (Å²) < 4.78 is 47.4. The van der Waals surface area contributed by atoms with E-state index in [4.69, 9.17) is 16.2 Å². The van der Waals surface area contributed by atoms with Gasteiger partial charge in [-0.2, -0.15) is 0 Å². The summed E-state index contributed by atoms with van der Waals surface area (Å²) in [5.74, 6) is -2.20. The van der Waals surface area contributed by atoms with Gasteiger partial charge in [0, 0.05) is 24.7 Å². The number of benzene rings is 1. The summed E-state index contributed by atoms with van der Waals surface area (Å²) in [5, 5.41) is 3.99. The summed E-state index contributed by atoms with van der Waals surface area (Å²) in [6, 6.07) is 2.82. The molecular formula is C20H22F3N5O2S. The summed E-state index contributed by atoms with van der Waals surface area (Å²) in [5.41, 5.74) is 11.6. The number of nitrogens with one attached hydrogen (secondary N) is 1. The van der Waals surface area contributed by atoms with Gasteiger partial charge in [-0.25, -0.2) is 18.2 Å². The molecule has 1 aliphatic heterocycles. The Kier molecular flexibility index (Phi) is 7.42. The number of nitrogens with two attached hydrogens (primary N) is 2. The number of thiazole rings is 1. The standard InChI is InChI=1S/C20H22F3N5O2S/c1-26-18(16-6-5-13(25)12(23)8-30-16)14(7-24)27-19(29)15-9-31-20(28-15)17-10(21)3-2-4-11(17)22/h2-4,7,9,12-13,16H,5-6,8,24-25H2,1H3,(H,27,29)/t12-,13-,16?/m1/s1. The van der Waals surface area contributed by atoms with E-state index < -0.39 is 35.9 Å². The van der Waals surface area contributed by atoms with Gasteiger partial charge in [0.15, 0.2) is 0 Å². The molecule has 0 radical (unpaired) electrons. The minimum atomic E-state index is -1.30. The molecule has 2 aromatic rings. The van der Waals surface area contributed by atoms with Crippen molar-refractivity contribution in [2.45, 2.75) is 31.2 Å². The summed E-state index contributed by atoms with van der Waals surface area (Å²) in [7, 11) is 1.49. The molecule has 31 heavy (non-hydrogen) atoms. The number of halogens is 3. The monoisotopic (exact) mass is 453 g/mol. The van der Waals surface area contributed by atoms with E-state index in [-0.39, 0.29) is 28.6 Å². The number of hydrogen-bond acceptors (Lipinski definition) is 7. The number of aliphatic imine (C=N–C) groups is 1. The normalized spacial score (nSPS) is 22.8. The quantitative estimate of drug-likeness (QED) is 0.602. The van der Waals surface area contributed by atoms with Crippen molar-refractivity contribution in [2.24, 2.45) is 16.5 Å². The maximum atomic E-state index is 14.0. The smallest absolute Gasteiger partial charge is 0.275 e. The van der Waals surface area contributed by atoms with Gasteiger partial charge in [-0.05, 0) is 25.0 Å². The van der Waals surface area contributed by atoms with E-state index in [0.29, 0.717) is 18.6 Å². The van der Waals surface area contributed by atoms with Gasteiger partial charge in [-0.3, -0.25) is 9.79 Å². The zero-order chi connectivity index (χ0) is 22.5. The molecule has 5 N–H and O–H groups in total. The van der Waals surface area contributed by atoms with Crippen molar-refractivity contribution >= 4 is 23.0 Å². The molecule has 1 amide bonds. The van der Waals surface area contributed by atoms with Gasteiger partial charge >= 0.3 is 0 Å². The molecule has 1 aliphatic rings. The molecular weight excluding hydrogens is 431 g/mol. The molecule has 1 saturated heterocycles. The highest BCUT2D eigenvalue weighted by Crippen LogP contribution is 2.29. The largest absolute Gasteiger partial charge is 0.403 e. The number of hydrogen-bond donors (Lipinski definition) is 3. The third-order valence-electron chi connectivity index (χ3n) is 4.83. The van der Waals surface area contributed by atoms with Crippen LogP contribution < -0.4 is 16.8 Å². The molecule has 0 saturated carbocycles. The van der Waals surface area contributed by atoms with Gasteiger partial charge in [0.2, 0.25) is 0 Å². The van der Waals surface area contributed by atoms with E-state index in [0.717, 1.165) is 29.7 Å². The van der Waals surface area contributed by atoms with Gasteiger partial charge in [0.1, 0.15) is 34.6 Å². The summed E-state index contributed by atoms with van der Waals surface area (Å²) in [4.78, 5) is 20.9. The Labute approximate surface area is 181 Å². The van der Waals surface area contributed by atoms with Crippen molar-refractivity contribution in [1.82, 2.24) is 10.3 Å². The first-order valence-electron chi connectivity index (χ1n) is 9.47. The van der Waals surface area contributed by atoms with Gasteiger partial charge < -0.3 is 21.5 Å². The molecule has 0 spiro atoms. The molecule has 0 bridgehead atoms. The van der Waals surface area contributed by atoms with E-state index in [1.807, 2.05) is 0 Å². The van der Waals surface area contributed by atoms with Gasteiger partial charge in [-0.15, -0.1) is 11.3 Å². The highest BCUT2D eigenvalue weighted by Gasteiger charge is 2.30. The van der Waals surface area contributed by atoms with Crippen LogP contribution in [0.25, 0.3) is 10.6 Å². The lowest BCUT2D eigenvalue weighted by molar-refractivity contribution is 0.0641. The molecule has 1 aromatic carbocycles. The Bertz CT molecular complexity index is 978. The van der Waals surface area contributed by atoms with Crippen molar-refractivity contribution in [3.8, 4) is 10.6 Å². The lowest BCUT2D eigenvalue weighted by atomic mass is 10.0. The third-order valence-corrected chi connectivity index (χ3v) is 5.69. The van der Waals surface area contributed by atoms with Crippen LogP contribution in [-0.2, 0) is 4.74 Å². The van der Waals surface area contributed by atoms with E-state index in [2.05, 4.69) is 15.3 Å². The van der Waals surface area contributed by atoms with Gasteiger partial charge in [0.05, 0.1) is 23.6 Å². The first kappa shape index (κ1) is 22.9. The Morgan fingerprint density at radius 2 is 2.06 bits per heavy atom. The number of rotatable bonds is 5. The Hall–Kier alpha value is -2.76. The summed E-state index contributed by atoms with van der Waals surface area (Å²) in [6.07, 6.45) is 0.0148. The fourth-order valence-corrected chi connectivity index (χ4v) is 4.01. The second-order valence-corrected chi connectivity index (χ2v) is 7.72. The molecule has 3 rings (SSSR count). The molecule has 0 aliphatic carbocycles. The maximum absolute atomic E-state index is 14.0. The van der Waals surface area contributed by atoms with Crippen LogP contribution >= 0.6 is 11.3 Å². The van der Waals surface area contributed by atoms with Crippen molar-refractivity contribution in [3.63, 3.8) is 0 Å². The van der Waals surface area contributed by atoms with Crippen LogP contribution in [0.5, 0.6) is 0 Å². The number of ether oxygens (including phenoxy) is 1. The van der Waals surface area contributed by atoms with E-state index in [9.17, 15) is 18.0 Å². The number of alkyl halides is 1. The molecule has 2 heterocycles. The molecule has 1 fully saturated rings. The van der Waals surface area contributed by atoms with Crippen molar-refractivity contribution in [2.75, 3.05) is 13.7 Å². The Morgan fingerprint density at radius 3 is 2.71 bits per heavy atom. The minimum Gasteiger partial charge on any atom is -0.403 e. The number of aromatic nitrogens is 1. The van der Waals surface area contributed by atoms with Gasteiger partial charge in [0.25, 0.3) is 5.91 Å². The Balaban J connectivity index is 1.76. The molecule has 1 aromatic heterocycles. The predicted molar refractivity (Wildman–Crippen MR) is 112 cm³/mol. The maximum Gasteiger partial charge on any atom is 0.275 e. The van der Waals surface area contributed by atoms with Crippen LogP contribution in [0.4, 0.5) is 13.2 Å². The topological polar surface area (TPSA) is 116 Å². The zero-order valence-electron chi connectivity index (χ0n) is 16.6. The second kappa shape index (κ2) is 10.0. The number of nitrogens with zero attached hydrogens (tertiary/aromatic N) is 2. The van der Waals surface area contributed by atoms with Crippen molar-refractivity contribution < 1.29 is 22.7 Å². The fraction of sp³-hybridized carbons (Fsp3) is 0.350. The van der Waals surface area contributed by atoms with Crippen LogP contribution in [-0.4, -0.2) is 48.6 Å². The average Bonchev–Trinajstić information content (AvgIpc) is 3.17. The average molecular weight is 453 g/mol. The van der Waals surface area contributed by atoms with Crippen LogP contribution in [0.2, 0.25) is 0 Å². The van der Waals surface area contributed by atoms with Crippen molar-refractivity contribution in [1.29, 1.82) is 0 Å². The van der Waals surface area contributed by atoms with Gasteiger partial charge in [-0.1, -0.05) is 6.07 Å². The molecule has 1 unspecified atom stereocenters. The molecule has 3 atom stereocenters. The molecule has 11 heteroatoms. The molecule has 7 nitrogen and oxygen atoms in total. The Morgan fingerprint density at radius 1 is 1.35 bits per heavy atom. The summed E-state index contributed by atoms with van der Waals surface area (Å²) in [6.45, 7) is -0.194. The van der Waals surface area contributed by atoms with Crippen LogP contribution in [0.1, 0.15) is 23.3 Å². The minimum absolute atomic E-state index is 0.0264. The van der Waals surface area contributed by atoms with E-state index in [1.165, 1.54) is 18.5 Å². The lowest BCUT2D eigenvalue weighted by Gasteiger charge is -2.20. The predicted octanol–water partition coefficient (Wildman–Crippen LogP) is 2.53. The SMILES string of the molecule is CN=C(C(=CN)NC(=O)c1csc(-c2c(F)cccc2F)n1)C1CC[C@@H](N)[C@H](F)CO1. The fourth-order valence-electron chi connectivity index (χ4n) is 3.17. The number of carbonyl (C=O) groups is 1. The molecule has 166 valence electrons. The van der Waals surface area contributed by atoms with Crippen LogP contribution in [0.15, 0.2) is 40.5 Å². The van der Waals surface area contributed by atoms with E-state index in [1.54, 1.807) is 0 Å². The third kappa shape index (κ3) is 5.12. The lowest BCUT2D eigenvalue weighted by Crippen LogP contribution is -2.35. The number of amides is 1. The second-order valence-electron chi connectivity index (χ2n) is 6.86.